The Labute approximate surface area is 114 Å². The van der Waals surface area contributed by atoms with Crippen LogP contribution in [0.25, 0.3) is 0 Å². The molecule has 0 aromatic heterocycles. The van der Waals surface area contributed by atoms with Gasteiger partial charge < -0.3 is 15.8 Å². The summed E-state index contributed by atoms with van der Waals surface area (Å²) in [5.41, 5.74) is 6.63. The highest BCUT2D eigenvalue weighted by molar-refractivity contribution is 5.85. The monoisotopic (exact) mass is 272 g/mol. The van der Waals surface area contributed by atoms with Crippen LogP contribution in [0.5, 0.6) is 5.75 Å². The number of amides is 1. The summed E-state index contributed by atoms with van der Waals surface area (Å²) in [4.78, 5) is 11.5. The van der Waals surface area contributed by atoms with Crippen LogP contribution in [0.2, 0.25) is 0 Å². The highest BCUT2D eigenvalue weighted by atomic mass is 35.5. The molecule has 0 aliphatic rings. The van der Waals surface area contributed by atoms with Crippen LogP contribution in [0.4, 0.5) is 0 Å². The van der Waals surface area contributed by atoms with E-state index in [0.717, 1.165) is 11.3 Å². The van der Waals surface area contributed by atoms with Crippen molar-refractivity contribution >= 4 is 18.3 Å². The summed E-state index contributed by atoms with van der Waals surface area (Å²) >= 11 is 0. The molecule has 0 aliphatic heterocycles. The lowest BCUT2D eigenvalue weighted by Gasteiger charge is -2.10. The maximum Gasteiger partial charge on any atom is 0.237 e. The molecule has 102 valence electrons. The lowest BCUT2D eigenvalue weighted by Crippen LogP contribution is -2.39. The van der Waals surface area contributed by atoms with E-state index in [4.69, 9.17) is 10.5 Å². The zero-order valence-electron chi connectivity index (χ0n) is 10.8. The molecule has 1 amide bonds. The molecule has 1 aromatic rings. The number of halogens is 1. The molecule has 0 aliphatic carbocycles. The number of hydrogen-bond donors (Lipinski definition) is 2. The lowest BCUT2D eigenvalue weighted by atomic mass is 10.2. The fourth-order valence-corrected chi connectivity index (χ4v) is 1.42. The fourth-order valence-electron chi connectivity index (χ4n) is 1.42. The average Bonchev–Trinajstić information content (AvgIpc) is 2.36. The van der Waals surface area contributed by atoms with Crippen LogP contribution in [0, 0.1) is 0 Å². The molecule has 0 bridgehead atoms. The van der Waals surface area contributed by atoms with Crippen molar-refractivity contribution in [2.24, 2.45) is 5.73 Å². The molecule has 4 nitrogen and oxygen atoms in total. The van der Waals surface area contributed by atoms with Gasteiger partial charge in [-0.2, -0.15) is 0 Å². The SMILES string of the molecule is CCOc1cccc(CNC(=O)[C@@H](N)CC)c1.Cl. The van der Waals surface area contributed by atoms with Gasteiger partial charge in [-0.3, -0.25) is 4.79 Å². The van der Waals surface area contributed by atoms with Gasteiger partial charge in [0.05, 0.1) is 12.6 Å². The minimum absolute atomic E-state index is 0. The molecule has 0 spiro atoms. The van der Waals surface area contributed by atoms with Crippen molar-refractivity contribution in [2.45, 2.75) is 32.9 Å². The molecule has 1 aromatic carbocycles. The third-order valence-corrected chi connectivity index (χ3v) is 2.45. The first-order valence-electron chi connectivity index (χ1n) is 5.92. The van der Waals surface area contributed by atoms with E-state index in [1.54, 1.807) is 0 Å². The molecule has 1 atom stereocenters. The summed E-state index contributed by atoms with van der Waals surface area (Å²) in [7, 11) is 0. The maximum absolute atomic E-state index is 11.5. The molecular formula is C13H21ClN2O2. The lowest BCUT2D eigenvalue weighted by molar-refractivity contribution is -0.122. The molecule has 18 heavy (non-hydrogen) atoms. The largest absolute Gasteiger partial charge is 0.494 e. The number of carbonyl (C=O) groups excluding carboxylic acids is 1. The zero-order valence-corrected chi connectivity index (χ0v) is 11.6. The van der Waals surface area contributed by atoms with Gasteiger partial charge in [0.25, 0.3) is 0 Å². The van der Waals surface area contributed by atoms with Crippen LogP contribution in [0.15, 0.2) is 24.3 Å². The Balaban J connectivity index is 0.00000289. The van der Waals surface area contributed by atoms with Gasteiger partial charge in [0.2, 0.25) is 5.91 Å². The summed E-state index contributed by atoms with van der Waals surface area (Å²) in [6.45, 7) is 4.94. The molecule has 0 saturated heterocycles. The molecule has 0 heterocycles. The second-order valence-corrected chi connectivity index (χ2v) is 3.81. The highest BCUT2D eigenvalue weighted by Gasteiger charge is 2.09. The van der Waals surface area contributed by atoms with Crippen molar-refractivity contribution in [3.63, 3.8) is 0 Å². The zero-order chi connectivity index (χ0) is 12.7. The van der Waals surface area contributed by atoms with Crippen LogP contribution in [0.1, 0.15) is 25.8 Å². The summed E-state index contributed by atoms with van der Waals surface area (Å²) < 4.78 is 5.38. The molecule has 0 radical (unpaired) electrons. The number of rotatable bonds is 6. The second-order valence-electron chi connectivity index (χ2n) is 3.81. The van der Waals surface area contributed by atoms with Gasteiger partial charge in [-0.1, -0.05) is 19.1 Å². The summed E-state index contributed by atoms with van der Waals surface area (Å²) in [5, 5.41) is 2.80. The van der Waals surface area contributed by atoms with Crippen LogP contribution in [-0.4, -0.2) is 18.6 Å². The Hall–Kier alpha value is -1.26. The predicted octanol–water partition coefficient (Wildman–Crippen LogP) is 1.86. The summed E-state index contributed by atoms with van der Waals surface area (Å²) in [6, 6.07) is 7.24. The standard InChI is InChI=1S/C13H20N2O2.ClH/c1-3-12(14)13(16)15-9-10-6-5-7-11(8-10)17-4-2;/h5-8,12H,3-4,9,14H2,1-2H3,(H,15,16);1H/t12-;/m0./s1. The van der Waals surface area contributed by atoms with E-state index in [2.05, 4.69) is 5.32 Å². The van der Waals surface area contributed by atoms with Crippen molar-refractivity contribution < 1.29 is 9.53 Å². The second kappa shape index (κ2) is 8.78. The Morgan fingerprint density at radius 1 is 1.44 bits per heavy atom. The smallest absolute Gasteiger partial charge is 0.237 e. The predicted molar refractivity (Wildman–Crippen MR) is 75.0 cm³/mol. The van der Waals surface area contributed by atoms with Gasteiger partial charge in [0.15, 0.2) is 0 Å². The molecule has 0 fully saturated rings. The van der Waals surface area contributed by atoms with Crippen molar-refractivity contribution in [1.82, 2.24) is 5.32 Å². The molecule has 0 unspecified atom stereocenters. The number of hydrogen-bond acceptors (Lipinski definition) is 3. The van der Waals surface area contributed by atoms with E-state index >= 15 is 0 Å². The van der Waals surface area contributed by atoms with Crippen LogP contribution in [-0.2, 0) is 11.3 Å². The van der Waals surface area contributed by atoms with Gasteiger partial charge in [-0.05, 0) is 31.0 Å². The summed E-state index contributed by atoms with van der Waals surface area (Å²) in [5.74, 6) is 0.702. The van der Waals surface area contributed by atoms with Crippen LogP contribution >= 0.6 is 12.4 Å². The third kappa shape index (κ3) is 5.38. The van der Waals surface area contributed by atoms with Gasteiger partial charge in [-0.15, -0.1) is 12.4 Å². The number of nitrogens with two attached hydrogens (primary N) is 1. The van der Waals surface area contributed by atoms with Crippen molar-refractivity contribution in [1.29, 1.82) is 0 Å². The quantitative estimate of drug-likeness (QED) is 0.831. The van der Waals surface area contributed by atoms with E-state index in [0.29, 0.717) is 19.6 Å². The molecule has 3 N–H and O–H groups in total. The maximum atomic E-state index is 11.5. The van der Waals surface area contributed by atoms with Gasteiger partial charge in [-0.25, -0.2) is 0 Å². The first-order valence-corrected chi connectivity index (χ1v) is 5.92. The number of benzene rings is 1. The average molecular weight is 273 g/mol. The number of nitrogens with one attached hydrogen (secondary N) is 1. The number of carbonyl (C=O) groups is 1. The Morgan fingerprint density at radius 2 is 2.17 bits per heavy atom. The molecule has 0 saturated carbocycles. The fraction of sp³-hybridized carbons (Fsp3) is 0.462. The highest BCUT2D eigenvalue weighted by Crippen LogP contribution is 2.12. The van der Waals surface area contributed by atoms with Crippen molar-refractivity contribution in [2.75, 3.05) is 6.61 Å². The van der Waals surface area contributed by atoms with Gasteiger partial charge in [0, 0.05) is 6.54 Å². The first-order chi connectivity index (χ1) is 8.17. The van der Waals surface area contributed by atoms with Gasteiger partial charge in [0.1, 0.15) is 5.75 Å². The summed E-state index contributed by atoms with van der Waals surface area (Å²) in [6.07, 6.45) is 0.644. The van der Waals surface area contributed by atoms with Crippen molar-refractivity contribution in [3.8, 4) is 5.75 Å². The Bertz CT molecular complexity index is 372. The van der Waals surface area contributed by atoms with Crippen LogP contribution < -0.4 is 15.8 Å². The Morgan fingerprint density at radius 3 is 2.78 bits per heavy atom. The molecular weight excluding hydrogens is 252 g/mol. The van der Waals surface area contributed by atoms with Crippen molar-refractivity contribution in [3.05, 3.63) is 29.8 Å². The van der Waals surface area contributed by atoms with E-state index in [1.165, 1.54) is 0 Å². The van der Waals surface area contributed by atoms with E-state index in [-0.39, 0.29) is 18.3 Å². The third-order valence-electron chi connectivity index (χ3n) is 2.45. The topological polar surface area (TPSA) is 64.3 Å². The minimum atomic E-state index is -0.426. The molecule has 1 rings (SSSR count). The van der Waals surface area contributed by atoms with E-state index in [1.807, 2.05) is 38.1 Å². The number of ether oxygens (including phenoxy) is 1. The van der Waals surface area contributed by atoms with Gasteiger partial charge >= 0.3 is 0 Å². The Kier molecular flexibility index (Phi) is 8.16. The molecule has 5 heteroatoms. The van der Waals surface area contributed by atoms with Crippen LogP contribution in [0.3, 0.4) is 0 Å². The van der Waals surface area contributed by atoms with E-state index in [9.17, 15) is 4.79 Å². The normalized spacial score (nSPS) is 11.3. The minimum Gasteiger partial charge on any atom is -0.494 e. The first kappa shape index (κ1) is 16.7. The van der Waals surface area contributed by atoms with E-state index < -0.39 is 6.04 Å².